The second-order valence-electron chi connectivity index (χ2n) is 2.46. The molecule has 0 aliphatic heterocycles. The fourth-order valence-electron chi connectivity index (χ4n) is 0.941. The van der Waals surface area contributed by atoms with Gasteiger partial charge in [0.25, 0.3) is 12.3 Å². The first-order valence-electron chi connectivity index (χ1n) is 3.67. The van der Waals surface area contributed by atoms with E-state index in [0.29, 0.717) is 5.69 Å². The molecule has 78 valence electrons. The normalized spacial score (nSPS) is 10.7. The largest absolute Gasteiger partial charge is 0.479 e. The molecule has 0 aromatic carbocycles. The number of rotatable bonds is 3. The molecule has 1 heterocycles. The molecule has 0 radical (unpaired) electrons. The smallest absolute Gasteiger partial charge is 0.266 e. The van der Waals surface area contributed by atoms with Crippen LogP contribution in [0.4, 0.5) is 13.2 Å². The maximum Gasteiger partial charge on any atom is 0.266 e. The fraction of sp³-hybridized carbons (Fsp3) is 0.375. The first kappa shape index (κ1) is 11.3. The Morgan fingerprint density at radius 2 is 2.21 bits per heavy atom. The highest BCUT2D eigenvalue weighted by atomic mass is 79.9. The summed E-state index contributed by atoms with van der Waals surface area (Å²) in [6.07, 6.45) is -2.87. The third-order valence-corrected chi connectivity index (χ3v) is 2.15. The Balaban J connectivity index is 3.27. The van der Waals surface area contributed by atoms with Crippen molar-refractivity contribution in [3.05, 3.63) is 23.1 Å². The summed E-state index contributed by atoms with van der Waals surface area (Å²) >= 11 is 3.04. The van der Waals surface area contributed by atoms with Crippen molar-refractivity contribution in [1.29, 1.82) is 0 Å². The van der Waals surface area contributed by atoms with Crippen molar-refractivity contribution in [2.75, 3.05) is 7.11 Å². The molecule has 1 aromatic heterocycles. The van der Waals surface area contributed by atoms with Crippen LogP contribution in [0, 0.1) is 5.82 Å². The third-order valence-electron chi connectivity index (χ3n) is 1.57. The van der Waals surface area contributed by atoms with Gasteiger partial charge in [-0.3, -0.25) is 0 Å². The average Bonchev–Trinajstić information content (AvgIpc) is 2.17. The lowest BCUT2D eigenvalue weighted by Crippen LogP contribution is -2.01. The molecule has 0 aliphatic rings. The van der Waals surface area contributed by atoms with Crippen LogP contribution in [0.2, 0.25) is 0 Å². The van der Waals surface area contributed by atoms with E-state index in [-0.39, 0.29) is 5.33 Å². The highest BCUT2D eigenvalue weighted by Crippen LogP contribution is 2.28. The minimum atomic E-state index is -2.87. The highest BCUT2D eigenvalue weighted by Gasteiger charge is 2.19. The Labute approximate surface area is 87.2 Å². The molecule has 0 amide bonds. The van der Waals surface area contributed by atoms with Gasteiger partial charge in [-0.25, -0.2) is 18.2 Å². The van der Waals surface area contributed by atoms with Gasteiger partial charge in [0.05, 0.1) is 18.4 Å². The lowest BCUT2D eigenvalue weighted by molar-refractivity contribution is 0.144. The van der Waals surface area contributed by atoms with Crippen LogP contribution in [-0.2, 0) is 5.33 Å². The summed E-state index contributed by atoms with van der Waals surface area (Å²) in [6, 6.07) is 1.01. The summed E-state index contributed by atoms with van der Waals surface area (Å²) in [5.41, 5.74) is -0.384. The number of hydrogen-bond acceptors (Lipinski definition) is 2. The molecule has 1 rings (SSSR count). The summed E-state index contributed by atoms with van der Waals surface area (Å²) < 4.78 is 42.3. The number of hydrogen-bond donors (Lipinski definition) is 0. The molecule has 0 unspecified atom stereocenters. The molecular formula is C8H7BrF3NO. The van der Waals surface area contributed by atoms with Crippen LogP contribution in [-0.4, -0.2) is 12.1 Å². The molecule has 0 saturated heterocycles. The molecule has 0 saturated carbocycles. The van der Waals surface area contributed by atoms with Crippen molar-refractivity contribution >= 4 is 15.9 Å². The average molecular weight is 270 g/mol. The Morgan fingerprint density at radius 3 is 2.64 bits per heavy atom. The van der Waals surface area contributed by atoms with Gasteiger partial charge in [-0.05, 0) is 6.07 Å². The van der Waals surface area contributed by atoms with Crippen molar-refractivity contribution in [2.45, 2.75) is 11.8 Å². The van der Waals surface area contributed by atoms with Crippen LogP contribution in [0.1, 0.15) is 17.7 Å². The molecule has 14 heavy (non-hydrogen) atoms. The Hall–Kier alpha value is -0.780. The SMILES string of the molecule is COc1nc(CBr)cc(C(F)F)c1F. The summed E-state index contributed by atoms with van der Waals surface area (Å²) in [5, 5.41) is 0.267. The van der Waals surface area contributed by atoms with Gasteiger partial charge in [0.1, 0.15) is 0 Å². The number of methoxy groups -OCH3 is 1. The fourth-order valence-corrected chi connectivity index (χ4v) is 1.23. The topological polar surface area (TPSA) is 22.1 Å². The van der Waals surface area contributed by atoms with Crippen LogP contribution in [0.25, 0.3) is 0 Å². The molecular weight excluding hydrogens is 263 g/mol. The van der Waals surface area contributed by atoms with Gasteiger partial charge in [-0.1, -0.05) is 15.9 Å². The minimum Gasteiger partial charge on any atom is -0.479 e. The molecule has 0 spiro atoms. The van der Waals surface area contributed by atoms with E-state index in [0.717, 1.165) is 6.07 Å². The predicted molar refractivity (Wildman–Crippen MR) is 48.3 cm³/mol. The van der Waals surface area contributed by atoms with Gasteiger partial charge < -0.3 is 4.74 Å². The first-order chi connectivity index (χ1) is 6.60. The lowest BCUT2D eigenvalue weighted by atomic mass is 10.2. The Bertz CT molecular complexity index is 333. The standard InChI is InChI=1S/C8H7BrF3NO/c1-14-8-6(10)5(7(11)12)2-4(3-9)13-8/h2,7H,3H2,1H3. The van der Waals surface area contributed by atoms with Crippen molar-refractivity contribution in [3.8, 4) is 5.88 Å². The molecule has 0 aliphatic carbocycles. The number of alkyl halides is 3. The van der Waals surface area contributed by atoms with E-state index in [1.807, 2.05) is 0 Å². The van der Waals surface area contributed by atoms with Gasteiger partial charge in [0.2, 0.25) is 0 Å². The monoisotopic (exact) mass is 269 g/mol. The van der Waals surface area contributed by atoms with Crippen LogP contribution in [0.3, 0.4) is 0 Å². The van der Waals surface area contributed by atoms with E-state index in [9.17, 15) is 13.2 Å². The molecule has 0 atom stereocenters. The quantitative estimate of drug-likeness (QED) is 0.787. The number of halogens is 4. The van der Waals surface area contributed by atoms with Crippen LogP contribution >= 0.6 is 15.9 Å². The number of pyridine rings is 1. The summed E-state index contributed by atoms with van der Waals surface area (Å²) in [6.45, 7) is 0. The predicted octanol–water partition coefficient (Wildman–Crippen LogP) is 3.06. The molecule has 1 aromatic rings. The van der Waals surface area contributed by atoms with Crippen molar-refractivity contribution in [3.63, 3.8) is 0 Å². The van der Waals surface area contributed by atoms with Gasteiger partial charge in [-0.2, -0.15) is 0 Å². The summed E-state index contributed by atoms with van der Waals surface area (Å²) in [5.74, 6) is -1.51. The Kier molecular flexibility index (Phi) is 3.74. The second kappa shape index (κ2) is 4.63. The summed E-state index contributed by atoms with van der Waals surface area (Å²) in [7, 11) is 1.18. The number of aromatic nitrogens is 1. The molecule has 0 N–H and O–H groups in total. The van der Waals surface area contributed by atoms with Crippen LogP contribution < -0.4 is 4.74 Å². The van der Waals surface area contributed by atoms with Gasteiger partial charge in [-0.15, -0.1) is 0 Å². The van der Waals surface area contributed by atoms with E-state index in [2.05, 4.69) is 25.7 Å². The molecule has 0 bridgehead atoms. The second-order valence-corrected chi connectivity index (χ2v) is 3.02. The van der Waals surface area contributed by atoms with E-state index >= 15 is 0 Å². The number of ether oxygens (including phenoxy) is 1. The molecule has 6 heteroatoms. The summed E-state index contributed by atoms with van der Waals surface area (Å²) in [4.78, 5) is 3.67. The first-order valence-corrected chi connectivity index (χ1v) is 4.79. The van der Waals surface area contributed by atoms with Crippen molar-refractivity contribution in [1.82, 2.24) is 4.98 Å². The van der Waals surface area contributed by atoms with Crippen LogP contribution in [0.5, 0.6) is 5.88 Å². The van der Waals surface area contributed by atoms with E-state index in [1.165, 1.54) is 7.11 Å². The Morgan fingerprint density at radius 1 is 1.57 bits per heavy atom. The highest BCUT2D eigenvalue weighted by molar-refractivity contribution is 9.08. The van der Waals surface area contributed by atoms with Gasteiger partial charge in [0, 0.05) is 5.33 Å². The van der Waals surface area contributed by atoms with Crippen LogP contribution in [0.15, 0.2) is 6.07 Å². The van der Waals surface area contributed by atoms with Crippen molar-refractivity contribution in [2.24, 2.45) is 0 Å². The number of nitrogens with zero attached hydrogens (tertiary/aromatic N) is 1. The molecule has 2 nitrogen and oxygen atoms in total. The van der Waals surface area contributed by atoms with E-state index < -0.39 is 23.7 Å². The lowest BCUT2D eigenvalue weighted by Gasteiger charge is -2.07. The zero-order valence-corrected chi connectivity index (χ0v) is 8.82. The zero-order valence-electron chi connectivity index (χ0n) is 7.23. The van der Waals surface area contributed by atoms with E-state index in [4.69, 9.17) is 0 Å². The zero-order chi connectivity index (χ0) is 10.7. The van der Waals surface area contributed by atoms with Gasteiger partial charge >= 0.3 is 0 Å². The van der Waals surface area contributed by atoms with Gasteiger partial charge in [0.15, 0.2) is 5.82 Å². The van der Waals surface area contributed by atoms with Crippen molar-refractivity contribution < 1.29 is 17.9 Å². The van der Waals surface area contributed by atoms with E-state index in [1.54, 1.807) is 0 Å². The molecule has 0 fully saturated rings. The third kappa shape index (κ3) is 2.17. The maximum absolute atomic E-state index is 13.2. The maximum atomic E-state index is 13.2. The minimum absolute atomic E-state index is 0.267.